The Morgan fingerprint density at radius 2 is 2.41 bits per heavy atom. The first kappa shape index (κ1) is 10.5. The lowest BCUT2D eigenvalue weighted by Crippen LogP contribution is -2.12. The lowest BCUT2D eigenvalue weighted by atomic mass is 9.97. The number of H-pyrrole nitrogens is 1. The molecule has 0 spiro atoms. The first-order valence-electron chi connectivity index (χ1n) is 6.00. The molecule has 0 saturated carbocycles. The van der Waals surface area contributed by atoms with Crippen LogP contribution in [0.15, 0.2) is 24.5 Å². The molecule has 88 valence electrons. The van der Waals surface area contributed by atoms with Crippen molar-refractivity contribution in [1.82, 2.24) is 15.3 Å². The lowest BCUT2D eigenvalue weighted by Gasteiger charge is -2.06. The van der Waals surface area contributed by atoms with Crippen molar-refractivity contribution in [3.63, 3.8) is 0 Å². The average Bonchev–Trinajstić information content (AvgIpc) is 2.97. The molecule has 1 fully saturated rings. The summed E-state index contributed by atoms with van der Waals surface area (Å²) in [6, 6.07) is 5.66. The van der Waals surface area contributed by atoms with Crippen LogP contribution in [-0.2, 0) is 0 Å². The van der Waals surface area contributed by atoms with Gasteiger partial charge >= 0.3 is 0 Å². The van der Waals surface area contributed by atoms with Crippen LogP contribution in [0.2, 0.25) is 0 Å². The van der Waals surface area contributed by atoms with Crippen LogP contribution in [0.5, 0.6) is 0 Å². The molecular weight excluding hydrogens is 214 g/mol. The van der Waals surface area contributed by atoms with Gasteiger partial charge in [-0.05, 0) is 43.6 Å². The molecule has 17 heavy (non-hydrogen) atoms. The summed E-state index contributed by atoms with van der Waals surface area (Å²) >= 11 is 0. The molecule has 1 saturated heterocycles. The Hall–Kier alpha value is -1.68. The number of Topliss-reactive ketones (excluding diaryl/α,β-unsaturated/α-hetero) is 1. The Morgan fingerprint density at radius 1 is 1.47 bits per heavy atom. The fourth-order valence-electron chi connectivity index (χ4n) is 2.38. The number of hydrogen-bond donors (Lipinski definition) is 2. The van der Waals surface area contributed by atoms with Gasteiger partial charge < -0.3 is 10.3 Å². The van der Waals surface area contributed by atoms with E-state index in [0.717, 1.165) is 36.1 Å². The predicted molar refractivity (Wildman–Crippen MR) is 66.0 cm³/mol. The third-order valence-electron chi connectivity index (χ3n) is 3.38. The Kier molecular flexibility index (Phi) is 2.65. The zero-order chi connectivity index (χ0) is 11.7. The van der Waals surface area contributed by atoms with Crippen LogP contribution in [0.25, 0.3) is 11.0 Å². The van der Waals surface area contributed by atoms with Crippen LogP contribution in [-0.4, -0.2) is 28.8 Å². The Labute approximate surface area is 99.4 Å². The lowest BCUT2D eigenvalue weighted by molar-refractivity contribution is 0.0964. The standard InChI is InChI=1S/C13H15N3O/c17-13(5-9-3-4-14-7-9)10-1-2-11-12(6-10)16-8-15-11/h1-2,6,8-9,14H,3-5,7H2,(H,15,16). The van der Waals surface area contributed by atoms with E-state index in [1.54, 1.807) is 6.33 Å². The largest absolute Gasteiger partial charge is 0.345 e. The molecule has 0 amide bonds. The van der Waals surface area contributed by atoms with Gasteiger partial charge in [0.05, 0.1) is 17.4 Å². The SMILES string of the molecule is O=C(CC1CCNC1)c1ccc2nc[nH]c2c1. The number of nitrogens with one attached hydrogen (secondary N) is 2. The van der Waals surface area contributed by atoms with Crippen LogP contribution in [0.1, 0.15) is 23.2 Å². The first-order chi connectivity index (χ1) is 8.33. The van der Waals surface area contributed by atoms with Gasteiger partial charge in [0.1, 0.15) is 0 Å². The molecule has 4 heteroatoms. The highest BCUT2D eigenvalue weighted by molar-refractivity contribution is 5.98. The maximum atomic E-state index is 12.1. The zero-order valence-corrected chi connectivity index (χ0v) is 9.57. The summed E-state index contributed by atoms with van der Waals surface area (Å²) in [7, 11) is 0. The monoisotopic (exact) mass is 229 g/mol. The van der Waals surface area contributed by atoms with Crippen LogP contribution in [0, 0.1) is 5.92 Å². The highest BCUT2D eigenvalue weighted by Crippen LogP contribution is 2.18. The molecule has 2 aromatic rings. The smallest absolute Gasteiger partial charge is 0.163 e. The number of hydrogen-bond acceptors (Lipinski definition) is 3. The number of rotatable bonds is 3. The number of nitrogens with zero attached hydrogens (tertiary/aromatic N) is 1. The van der Waals surface area contributed by atoms with Crippen LogP contribution in [0.4, 0.5) is 0 Å². The fourth-order valence-corrected chi connectivity index (χ4v) is 2.38. The molecule has 1 aliphatic heterocycles. The number of aromatic amines is 1. The first-order valence-corrected chi connectivity index (χ1v) is 6.00. The van der Waals surface area contributed by atoms with E-state index < -0.39 is 0 Å². The van der Waals surface area contributed by atoms with E-state index in [-0.39, 0.29) is 5.78 Å². The van der Waals surface area contributed by atoms with Crippen molar-refractivity contribution in [3.8, 4) is 0 Å². The second-order valence-corrected chi connectivity index (χ2v) is 4.62. The Morgan fingerprint density at radius 3 is 3.24 bits per heavy atom. The van der Waals surface area contributed by atoms with Crippen LogP contribution >= 0.6 is 0 Å². The van der Waals surface area contributed by atoms with E-state index in [1.807, 2.05) is 18.2 Å². The quantitative estimate of drug-likeness (QED) is 0.788. The summed E-state index contributed by atoms with van der Waals surface area (Å²) < 4.78 is 0. The predicted octanol–water partition coefficient (Wildman–Crippen LogP) is 1.75. The third kappa shape index (κ3) is 2.08. The topological polar surface area (TPSA) is 57.8 Å². The number of carbonyl (C=O) groups is 1. The van der Waals surface area contributed by atoms with Crippen LogP contribution < -0.4 is 5.32 Å². The van der Waals surface area contributed by atoms with Gasteiger partial charge in [-0.15, -0.1) is 0 Å². The molecule has 1 aromatic heterocycles. The number of ketones is 1. The summed E-state index contributed by atoms with van der Waals surface area (Å²) in [6.07, 6.45) is 3.41. The molecule has 2 heterocycles. The second kappa shape index (κ2) is 4.30. The minimum atomic E-state index is 0.232. The van der Waals surface area contributed by atoms with Gasteiger partial charge in [-0.3, -0.25) is 4.79 Å². The summed E-state index contributed by atoms with van der Waals surface area (Å²) in [6.45, 7) is 2.01. The number of carbonyl (C=O) groups excluding carboxylic acids is 1. The molecular formula is C13H15N3O. The van der Waals surface area contributed by atoms with Crippen molar-refractivity contribution in [2.45, 2.75) is 12.8 Å². The van der Waals surface area contributed by atoms with Gasteiger partial charge in [0.15, 0.2) is 5.78 Å². The summed E-state index contributed by atoms with van der Waals surface area (Å²) in [5.41, 5.74) is 2.62. The molecule has 1 atom stereocenters. The molecule has 0 aliphatic carbocycles. The van der Waals surface area contributed by atoms with Crippen molar-refractivity contribution >= 4 is 16.8 Å². The van der Waals surface area contributed by atoms with E-state index >= 15 is 0 Å². The van der Waals surface area contributed by atoms with E-state index in [2.05, 4.69) is 15.3 Å². The van der Waals surface area contributed by atoms with Gasteiger partial charge in [-0.2, -0.15) is 0 Å². The Balaban J connectivity index is 1.79. The average molecular weight is 229 g/mol. The fraction of sp³-hybridized carbons (Fsp3) is 0.385. The molecule has 0 radical (unpaired) electrons. The third-order valence-corrected chi connectivity index (χ3v) is 3.38. The Bertz CT molecular complexity index is 540. The number of fused-ring (bicyclic) bond motifs is 1. The zero-order valence-electron chi connectivity index (χ0n) is 9.57. The minimum Gasteiger partial charge on any atom is -0.345 e. The molecule has 1 aromatic carbocycles. The summed E-state index contributed by atoms with van der Waals surface area (Å²) in [5, 5.41) is 3.29. The van der Waals surface area contributed by atoms with Gasteiger partial charge in [0.25, 0.3) is 0 Å². The maximum Gasteiger partial charge on any atom is 0.163 e. The minimum absolute atomic E-state index is 0.232. The van der Waals surface area contributed by atoms with Crippen molar-refractivity contribution < 1.29 is 4.79 Å². The molecule has 1 unspecified atom stereocenters. The second-order valence-electron chi connectivity index (χ2n) is 4.62. The van der Waals surface area contributed by atoms with Crippen molar-refractivity contribution in [3.05, 3.63) is 30.1 Å². The van der Waals surface area contributed by atoms with Gasteiger partial charge in [0, 0.05) is 12.0 Å². The highest BCUT2D eigenvalue weighted by Gasteiger charge is 2.19. The van der Waals surface area contributed by atoms with E-state index in [4.69, 9.17) is 0 Å². The molecule has 0 bridgehead atoms. The van der Waals surface area contributed by atoms with Crippen molar-refractivity contribution in [1.29, 1.82) is 0 Å². The highest BCUT2D eigenvalue weighted by atomic mass is 16.1. The number of aromatic nitrogens is 2. The van der Waals surface area contributed by atoms with E-state index in [9.17, 15) is 4.79 Å². The van der Waals surface area contributed by atoms with Crippen LogP contribution in [0.3, 0.4) is 0 Å². The maximum absolute atomic E-state index is 12.1. The number of benzene rings is 1. The summed E-state index contributed by atoms with van der Waals surface area (Å²) in [5.74, 6) is 0.732. The van der Waals surface area contributed by atoms with Crippen molar-refractivity contribution in [2.75, 3.05) is 13.1 Å². The van der Waals surface area contributed by atoms with Gasteiger partial charge in [-0.25, -0.2) is 4.98 Å². The molecule has 1 aliphatic rings. The molecule has 2 N–H and O–H groups in total. The normalized spacial score (nSPS) is 19.9. The van der Waals surface area contributed by atoms with E-state index in [0.29, 0.717) is 12.3 Å². The molecule has 3 rings (SSSR count). The number of imidazole rings is 1. The van der Waals surface area contributed by atoms with Gasteiger partial charge in [-0.1, -0.05) is 0 Å². The molecule has 4 nitrogen and oxygen atoms in total. The van der Waals surface area contributed by atoms with Gasteiger partial charge in [0.2, 0.25) is 0 Å². The van der Waals surface area contributed by atoms with E-state index in [1.165, 1.54) is 0 Å². The van der Waals surface area contributed by atoms with Crippen molar-refractivity contribution in [2.24, 2.45) is 5.92 Å². The summed E-state index contributed by atoms with van der Waals surface area (Å²) in [4.78, 5) is 19.3.